The van der Waals surface area contributed by atoms with Crippen LogP contribution in [0.25, 0.3) is 0 Å². The number of rotatable bonds is 2. The van der Waals surface area contributed by atoms with Crippen molar-refractivity contribution in [3.8, 4) is 0 Å². The lowest BCUT2D eigenvalue weighted by molar-refractivity contribution is -0.142. The van der Waals surface area contributed by atoms with E-state index in [2.05, 4.69) is 0 Å². The fourth-order valence-corrected chi connectivity index (χ4v) is 2.82. The second-order valence-corrected chi connectivity index (χ2v) is 5.49. The molecule has 0 spiro atoms. The summed E-state index contributed by atoms with van der Waals surface area (Å²) in [5, 5.41) is 0.595. The predicted molar refractivity (Wildman–Crippen MR) is 84.3 cm³/mol. The molecule has 0 bridgehead atoms. The molecule has 1 aliphatic rings. The molecule has 112 valence electrons. The largest absolute Gasteiger partial charge is 0.468 e. The number of anilines is 1. The Morgan fingerprint density at radius 3 is 2.55 bits per heavy atom. The third-order valence-corrected chi connectivity index (χ3v) is 4.05. The van der Waals surface area contributed by atoms with Crippen LogP contribution in [0.4, 0.5) is 5.69 Å². The van der Waals surface area contributed by atoms with Crippen molar-refractivity contribution in [2.24, 2.45) is 0 Å². The van der Waals surface area contributed by atoms with Crippen LogP contribution in [0.1, 0.15) is 21.8 Å². The van der Waals surface area contributed by atoms with Crippen molar-refractivity contribution < 1.29 is 14.3 Å². The van der Waals surface area contributed by atoms with Gasteiger partial charge in [0.1, 0.15) is 5.92 Å². The second kappa shape index (κ2) is 5.81. The zero-order valence-electron chi connectivity index (χ0n) is 12.0. The number of carbonyl (C=O) groups excluding carboxylic acids is 2. The second-order valence-electron chi connectivity index (χ2n) is 5.06. The van der Waals surface area contributed by atoms with Crippen LogP contribution in [0.15, 0.2) is 48.5 Å². The quantitative estimate of drug-likeness (QED) is 0.799. The van der Waals surface area contributed by atoms with Crippen LogP contribution in [0.3, 0.4) is 0 Å². The Balaban J connectivity index is 2.06. The standard InChI is InChI=1S/C17H14ClNO3/c1-22-17(21)15-10-19(12-8-6-11(18)7-9-12)16(20)14-5-3-2-4-13(14)15/h2-9,15H,10H2,1H3. The highest BCUT2D eigenvalue weighted by Gasteiger charge is 2.36. The molecule has 0 aliphatic carbocycles. The fourth-order valence-electron chi connectivity index (χ4n) is 2.69. The number of amides is 1. The molecule has 0 radical (unpaired) electrons. The minimum Gasteiger partial charge on any atom is -0.468 e. The Labute approximate surface area is 133 Å². The van der Waals surface area contributed by atoms with Crippen LogP contribution in [-0.4, -0.2) is 25.5 Å². The Bertz CT molecular complexity index is 727. The van der Waals surface area contributed by atoms with Gasteiger partial charge in [-0.05, 0) is 35.9 Å². The van der Waals surface area contributed by atoms with Gasteiger partial charge in [-0.25, -0.2) is 0 Å². The lowest BCUT2D eigenvalue weighted by atomic mass is 9.89. The SMILES string of the molecule is COC(=O)C1CN(c2ccc(Cl)cc2)C(=O)c2ccccc21. The topological polar surface area (TPSA) is 46.6 Å². The smallest absolute Gasteiger partial charge is 0.314 e. The first-order chi connectivity index (χ1) is 10.6. The van der Waals surface area contributed by atoms with Crippen molar-refractivity contribution in [2.75, 3.05) is 18.6 Å². The van der Waals surface area contributed by atoms with Gasteiger partial charge in [0.05, 0.1) is 7.11 Å². The van der Waals surface area contributed by atoms with Gasteiger partial charge in [-0.15, -0.1) is 0 Å². The van der Waals surface area contributed by atoms with Gasteiger partial charge in [0.2, 0.25) is 0 Å². The first kappa shape index (κ1) is 14.6. The monoisotopic (exact) mass is 315 g/mol. The van der Waals surface area contributed by atoms with E-state index in [-0.39, 0.29) is 18.4 Å². The van der Waals surface area contributed by atoms with E-state index >= 15 is 0 Å². The molecule has 1 amide bonds. The number of ether oxygens (including phenoxy) is 1. The van der Waals surface area contributed by atoms with Crippen LogP contribution in [0.5, 0.6) is 0 Å². The van der Waals surface area contributed by atoms with Gasteiger partial charge in [0.25, 0.3) is 5.91 Å². The average molecular weight is 316 g/mol. The summed E-state index contributed by atoms with van der Waals surface area (Å²) in [7, 11) is 1.36. The van der Waals surface area contributed by atoms with E-state index in [0.29, 0.717) is 21.8 Å². The van der Waals surface area contributed by atoms with Gasteiger partial charge < -0.3 is 9.64 Å². The van der Waals surface area contributed by atoms with Gasteiger partial charge in [-0.3, -0.25) is 9.59 Å². The molecule has 3 rings (SSSR count). The summed E-state index contributed by atoms with van der Waals surface area (Å²) in [6.45, 7) is 0.254. The van der Waals surface area contributed by atoms with Crippen LogP contribution in [0, 0.1) is 0 Å². The third kappa shape index (κ3) is 2.46. The Morgan fingerprint density at radius 2 is 1.86 bits per heavy atom. The molecule has 1 unspecified atom stereocenters. The van der Waals surface area contributed by atoms with E-state index in [1.807, 2.05) is 6.07 Å². The third-order valence-electron chi connectivity index (χ3n) is 3.80. The summed E-state index contributed by atoms with van der Waals surface area (Å²) in [5.41, 5.74) is 1.95. The highest BCUT2D eigenvalue weighted by molar-refractivity contribution is 6.30. The van der Waals surface area contributed by atoms with Crippen molar-refractivity contribution in [1.82, 2.24) is 0 Å². The van der Waals surface area contributed by atoms with Crippen molar-refractivity contribution in [1.29, 1.82) is 0 Å². The van der Waals surface area contributed by atoms with Gasteiger partial charge in [0.15, 0.2) is 0 Å². The predicted octanol–water partition coefficient (Wildman–Crippen LogP) is 3.26. The van der Waals surface area contributed by atoms with E-state index in [4.69, 9.17) is 16.3 Å². The maximum absolute atomic E-state index is 12.7. The molecular formula is C17H14ClNO3. The molecule has 1 aliphatic heterocycles. The summed E-state index contributed by atoms with van der Waals surface area (Å²) >= 11 is 5.89. The summed E-state index contributed by atoms with van der Waals surface area (Å²) in [6, 6.07) is 14.1. The molecular weight excluding hydrogens is 302 g/mol. The summed E-state index contributed by atoms with van der Waals surface area (Å²) < 4.78 is 4.89. The molecule has 0 saturated heterocycles. The number of halogens is 1. The molecule has 5 heteroatoms. The normalized spacial score (nSPS) is 17.1. The van der Waals surface area contributed by atoms with E-state index in [0.717, 1.165) is 0 Å². The molecule has 0 saturated carbocycles. The van der Waals surface area contributed by atoms with Gasteiger partial charge >= 0.3 is 5.97 Å². The molecule has 2 aromatic carbocycles. The zero-order valence-corrected chi connectivity index (χ0v) is 12.7. The summed E-state index contributed by atoms with van der Waals surface area (Å²) in [5.74, 6) is -0.966. The molecule has 0 N–H and O–H groups in total. The number of methoxy groups -OCH3 is 1. The number of esters is 1. The van der Waals surface area contributed by atoms with Gasteiger partial charge in [-0.2, -0.15) is 0 Å². The molecule has 1 atom stereocenters. The highest BCUT2D eigenvalue weighted by Crippen LogP contribution is 2.32. The van der Waals surface area contributed by atoms with E-state index < -0.39 is 5.92 Å². The van der Waals surface area contributed by atoms with Gasteiger partial charge in [0, 0.05) is 22.8 Å². The molecule has 1 heterocycles. The van der Waals surface area contributed by atoms with Crippen molar-refractivity contribution >= 4 is 29.2 Å². The summed E-state index contributed by atoms with van der Waals surface area (Å²) in [6.07, 6.45) is 0. The van der Waals surface area contributed by atoms with Crippen molar-refractivity contribution in [3.63, 3.8) is 0 Å². The van der Waals surface area contributed by atoms with E-state index in [9.17, 15) is 9.59 Å². The minimum absolute atomic E-state index is 0.127. The van der Waals surface area contributed by atoms with Crippen LogP contribution >= 0.6 is 11.6 Å². The number of benzene rings is 2. The number of nitrogens with zero attached hydrogens (tertiary/aromatic N) is 1. The Morgan fingerprint density at radius 1 is 1.18 bits per heavy atom. The first-order valence-corrected chi connectivity index (χ1v) is 7.24. The number of fused-ring (bicyclic) bond motifs is 1. The molecule has 22 heavy (non-hydrogen) atoms. The molecule has 4 nitrogen and oxygen atoms in total. The van der Waals surface area contributed by atoms with Crippen LogP contribution in [-0.2, 0) is 9.53 Å². The van der Waals surface area contributed by atoms with Crippen LogP contribution in [0.2, 0.25) is 5.02 Å². The molecule has 2 aromatic rings. The van der Waals surface area contributed by atoms with E-state index in [1.54, 1.807) is 47.4 Å². The van der Waals surface area contributed by atoms with E-state index in [1.165, 1.54) is 7.11 Å². The molecule has 0 aromatic heterocycles. The van der Waals surface area contributed by atoms with Crippen LogP contribution < -0.4 is 4.90 Å². The number of carbonyl (C=O) groups is 2. The number of hydrogen-bond acceptors (Lipinski definition) is 3. The maximum atomic E-state index is 12.7. The first-order valence-electron chi connectivity index (χ1n) is 6.86. The maximum Gasteiger partial charge on any atom is 0.314 e. The van der Waals surface area contributed by atoms with Gasteiger partial charge in [-0.1, -0.05) is 29.8 Å². The minimum atomic E-state index is -0.491. The lowest BCUT2D eigenvalue weighted by Gasteiger charge is -2.33. The number of hydrogen-bond donors (Lipinski definition) is 0. The fraction of sp³-hybridized carbons (Fsp3) is 0.176. The lowest BCUT2D eigenvalue weighted by Crippen LogP contribution is -2.42. The molecule has 0 fully saturated rings. The Kier molecular flexibility index (Phi) is 3.86. The summed E-state index contributed by atoms with van der Waals surface area (Å²) in [4.78, 5) is 26.4. The Hall–Kier alpha value is -2.33. The van der Waals surface area contributed by atoms with Crippen molar-refractivity contribution in [3.05, 3.63) is 64.7 Å². The average Bonchev–Trinajstić information content (AvgIpc) is 2.56. The van der Waals surface area contributed by atoms with Crippen molar-refractivity contribution in [2.45, 2.75) is 5.92 Å². The highest BCUT2D eigenvalue weighted by atomic mass is 35.5. The zero-order chi connectivity index (χ0) is 15.7.